The van der Waals surface area contributed by atoms with Crippen molar-refractivity contribution in [2.45, 2.75) is 31.3 Å². The number of hydrogen-bond acceptors (Lipinski definition) is 15. The summed E-state index contributed by atoms with van der Waals surface area (Å²) in [6.07, 6.45) is 8.86. The van der Waals surface area contributed by atoms with Gasteiger partial charge in [-0.05, 0) is 25.8 Å². The molecule has 244 valence electrons. The molecule has 0 radical (unpaired) electrons. The number of nitrogens with zero attached hydrogens (tertiary/aromatic N) is 8. The summed E-state index contributed by atoms with van der Waals surface area (Å²) in [5.41, 5.74) is 12.0. The molecule has 2 aromatic rings. The molecule has 17 nitrogen and oxygen atoms in total. The fourth-order valence-electron chi connectivity index (χ4n) is 4.36. The highest BCUT2D eigenvalue weighted by Crippen LogP contribution is 2.22. The Kier molecular flexibility index (Phi) is 15.5. The Morgan fingerprint density at radius 1 is 1.09 bits per heavy atom. The molecule has 2 atom stereocenters. The molecule has 6 N–H and O–H groups in total. The van der Waals surface area contributed by atoms with Gasteiger partial charge in [0.25, 0.3) is 0 Å². The van der Waals surface area contributed by atoms with Gasteiger partial charge in [0.1, 0.15) is 18.3 Å². The second-order valence-corrected chi connectivity index (χ2v) is 9.88. The van der Waals surface area contributed by atoms with Gasteiger partial charge in [-0.1, -0.05) is 11.1 Å². The van der Waals surface area contributed by atoms with Crippen LogP contribution in [-0.4, -0.2) is 138 Å². The van der Waals surface area contributed by atoms with Crippen molar-refractivity contribution in [3.63, 3.8) is 0 Å². The molecule has 1 amide bonds. The number of nitrogens with two attached hydrogens (primary N) is 2. The van der Waals surface area contributed by atoms with Gasteiger partial charge in [0.15, 0.2) is 0 Å². The number of hydrogen-bond donors (Lipinski definition) is 4. The first kappa shape index (κ1) is 34.8. The molecule has 0 bridgehead atoms. The van der Waals surface area contributed by atoms with Gasteiger partial charge in [-0.2, -0.15) is 15.0 Å². The number of anilines is 2. The van der Waals surface area contributed by atoms with E-state index in [9.17, 15) is 9.90 Å². The first-order valence-electron chi connectivity index (χ1n) is 14.7. The van der Waals surface area contributed by atoms with Gasteiger partial charge in [0, 0.05) is 32.7 Å². The van der Waals surface area contributed by atoms with Gasteiger partial charge >= 0.3 is 6.01 Å². The number of ether oxygens (including phenoxy) is 4. The number of aliphatic hydroxyl groups excluding tert-OH is 1. The molecule has 2 aromatic heterocycles. The van der Waals surface area contributed by atoms with E-state index in [1.165, 1.54) is 7.11 Å². The molecule has 1 unspecified atom stereocenters. The SMILES string of the molecule is C#CCOCCOCCOCCNc1nc(OC)nc(N2CCN(C(=O)[C@H](CCCCN)n3cc(C(N)CO)nn3)CC2)n1. The molecule has 0 aromatic carbocycles. The average Bonchev–Trinajstić information content (AvgIpc) is 3.55. The zero-order valence-corrected chi connectivity index (χ0v) is 25.3. The molecule has 1 saturated heterocycles. The van der Waals surface area contributed by atoms with E-state index in [1.807, 2.05) is 4.90 Å². The number of unbranched alkanes of at least 4 members (excludes halogenated alkanes) is 1. The van der Waals surface area contributed by atoms with Crippen LogP contribution in [0.2, 0.25) is 0 Å². The van der Waals surface area contributed by atoms with Crippen molar-refractivity contribution >= 4 is 17.8 Å². The third kappa shape index (κ3) is 11.1. The molecule has 0 aliphatic carbocycles. The lowest BCUT2D eigenvalue weighted by Gasteiger charge is -2.36. The van der Waals surface area contributed by atoms with Crippen LogP contribution in [0.4, 0.5) is 11.9 Å². The van der Waals surface area contributed by atoms with E-state index in [0.29, 0.717) is 96.3 Å². The zero-order chi connectivity index (χ0) is 31.6. The lowest BCUT2D eigenvalue weighted by atomic mass is 10.1. The van der Waals surface area contributed by atoms with Gasteiger partial charge in [0.2, 0.25) is 17.8 Å². The van der Waals surface area contributed by atoms with Gasteiger partial charge in [-0.25, -0.2) is 4.68 Å². The van der Waals surface area contributed by atoms with Crippen LogP contribution in [0.1, 0.15) is 37.0 Å². The Labute approximate surface area is 257 Å². The fourth-order valence-corrected chi connectivity index (χ4v) is 4.36. The predicted octanol–water partition coefficient (Wildman–Crippen LogP) is -1.42. The first-order chi connectivity index (χ1) is 21.5. The van der Waals surface area contributed by atoms with Crippen molar-refractivity contribution in [3.05, 3.63) is 11.9 Å². The van der Waals surface area contributed by atoms with E-state index in [4.69, 9.17) is 36.8 Å². The number of amides is 1. The molecule has 1 fully saturated rings. The lowest BCUT2D eigenvalue weighted by molar-refractivity contribution is -0.135. The van der Waals surface area contributed by atoms with Crippen molar-refractivity contribution in [2.24, 2.45) is 11.5 Å². The summed E-state index contributed by atoms with van der Waals surface area (Å²) in [4.78, 5) is 30.7. The van der Waals surface area contributed by atoms with Crippen LogP contribution in [0.15, 0.2) is 6.20 Å². The number of piperazine rings is 1. The van der Waals surface area contributed by atoms with Gasteiger partial charge in [-0.3, -0.25) is 4.79 Å². The van der Waals surface area contributed by atoms with E-state index in [1.54, 1.807) is 15.8 Å². The van der Waals surface area contributed by atoms with E-state index in [2.05, 4.69) is 36.5 Å². The Bertz CT molecular complexity index is 1160. The normalized spacial score (nSPS) is 14.7. The summed E-state index contributed by atoms with van der Waals surface area (Å²) < 4.78 is 23.0. The summed E-state index contributed by atoms with van der Waals surface area (Å²) in [5.74, 6) is 3.15. The number of nitrogens with one attached hydrogen (secondary N) is 1. The molecular weight excluding hydrogens is 574 g/mol. The third-order valence-corrected chi connectivity index (χ3v) is 6.76. The first-order valence-corrected chi connectivity index (χ1v) is 14.7. The second-order valence-electron chi connectivity index (χ2n) is 9.88. The summed E-state index contributed by atoms with van der Waals surface area (Å²) >= 11 is 0. The minimum absolute atomic E-state index is 0.0612. The second kappa shape index (κ2) is 19.6. The Balaban J connectivity index is 1.50. The number of methoxy groups -OCH3 is 1. The van der Waals surface area contributed by atoms with Gasteiger partial charge < -0.3 is 50.6 Å². The van der Waals surface area contributed by atoms with E-state index >= 15 is 0 Å². The van der Waals surface area contributed by atoms with Crippen LogP contribution in [-0.2, 0) is 19.0 Å². The van der Waals surface area contributed by atoms with Crippen molar-refractivity contribution < 1.29 is 28.8 Å². The van der Waals surface area contributed by atoms with Crippen LogP contribution >= 0.6 is 0 Å². The highest BCUT2D eigenvalue weighted by molar-refractivity contribution is 5.80. The summed E-state index contributed by atoms with van der Waals surface area (Å²) in [6.45, 7) is 5.20. The summed E-state index contributed by atoms with van der Waals surface area (Å²) in [7, 11) is 1.49. The molecule has 1 aliphatic rings. The van der Waals surface area contributed by atoms with Crippen LogP contribution in [0.5, 0.6) is 6.01 Å². The minimum atomic E-state index is -0.660. The quantitative estimate of drug-likeness (QED) is 0.0932. The van der Waals surface area contributed by atoms with Gasteiger partial charge in [-0.15, -0.1) is 11.5 Å². The fraction of sp³-hybridized carbons (Fsp3) is 0.704. The van der Waals surface area contributed by atoms with Crippen LogP contribution in [0.25, 0.3) is 0 Å². The number of carbonyl (C=O) groups is 1. The number of carbonyl (C=O) groups excluding carboxylic acids is 1. The summed E-state index contributed by atoms with van der Waals surface area (Å²) in [5, 5.41) is 20.7. The van der Waals surface area contributed by atoms with Crippen molar-refractivity contribution in [3.8, 4) is 18.4 Å². The largest absolute Gasteiger partial charge is 0.467 e. The number of rotatable bonds is 21. The third-order valence-electron chi connectivity index (χ3n) is 6.76. The molecule has 1 aliphatic heterocycles. The molecule has 0 spiro atoms. The molecular formula is C27H45N11O6. The maximum atomic E-state index is 13.6. The standard InChI is InChI=1S/C27H45N11O6/c1-3-13-42-15-17-44-18-16-43-14-8-30-25-31-26(33-27(32-25)41-2)37-11-9-36(10-12-37)24(40)23(6-4-5-7-28)38-19-22(34-35-38)21(29)20-39/h1,19,21,23,39H,4-18,20,28-29H2,2H3,(H,30,31,32,33)/t21?,23-/m0/s1. The zero-order valence-electron chi connectivity index (χ0n) is 25.3. The smallest absolute Gasteiger partial charge is 0.322 e. The molecule has 44 heavy (non-hydrogen) atoms. The summed E-state index contributed by atoms with van der Waals surface area (Å²) in [6, 6.07) is -1.03. The maximum Gasteiger partial charge on any atom is 0.322 e. The topological polar surface area (TPSA) is 214 Å². The van der Waals surface area contributed by atoms with Crippen molar-refractivity contribution in [1.82, 2.24) is 34.8 Å². The number of aliphatic hydroxyl groups is 1. The van der Waals surface area contributed by atoms with Gasteiger partial charge in [0.05, 0.1) is 59.0 Å². The Morgan fingerprint density at radius 3 is 2.50 bits per heavy atom. The van der Waals surface area contributed by atoms with Crippen LogP contribution in [0, 0.1) is 12.3 Å². The number of aromatic nitrogens is 6. The van der Waals surface area contributed by atoms with E-state index in [0.717, 1.165) is 12.8 Å². The van der Waals surface area contributed by atoms with E-state index in [-0.39, 0.29) is 25.1 Å². The minimum Gasteiger partial charge on any atom is -0.467 e. The van der Waals surface area contributed by atoms with E-state index < -0.39 is 12.1 Å². The maximum absolute atomic E-state index is 13.6. The Morgan fingerprint density at radius 2 is 1.82 bits per heavy atom. The lowest BCUT2D eigenvalue weighted by Crippen LogP contribution is -2.51. The molecule has 3 rings (SSSR count). The van der Waals surface area contributed by atoms with Crippen molar-refractivity contribution in [1.29, 1.82) is 0 Å². The Hall–Kier alpha value is -3.66. The van der Waals surface area contributed by atoms with Crippen LogP contribution in [0.3, 0.4) is 0 Å². The predicted molar refractivity (Wildman–Crippen MR) is 161 cm³/mol. The monoisotopic (exact) mass is 619 g/mol. The average molecular weight is 620 g/mol. The molecule has 0 saturated carbocycles. The van der Waals surface area contributed by atoms with Crippen LogP contribution < -0.4 is 26.4 Å². The number of terminal acetylenes is 1. The highest BCUT2D eigenvalue weighted by Gasteiger charge is 2.30. The highest BCUT2D eigenvalue weighted by atomic mass is 16.5. The van der Waals surface area contributed by atoms with Crippen molar-refractivity contribution in [2.75, 3.05) is 103 Å². The molecule has 3 heterocycles. The molecule has 17 heteroatoms.